The van der Waals surface area contributed by atoms with Gasteiger partial charge in [-0.3, -0.25) is 19.2 Å². The third kappa shape index (κ3) is 9.21. The molecule has 1 aliphatic heterocycles. The van der Waals surface area contributed by atoms with Gasteiger partial charge in [0.25, 0.3) is 0 Å². The zero-order valence-corrected chi connectivity index (χ0v) is 19.2. The highest BCUT2D eigenvalue weighted by Gasteiger charge is 2.29. The number of hydrogen-bond acceptors (Lipinski definition) is 6. The van der Waals surface area contributed by atoms with E-state index in [4.69, 9.17) is 9.84 Å². The van der Waals surface area contributed by atoms with Crippen LogP contribution in [0.25, 0.3) is 0 Å². The monoisotopic (exact) mass is 451 g/mol. The molecule has 0 aromatic heterocycles. The Hall–Kier alpha value is -2.68. The Morgan fingerprint density at radius 3 is 2.25 bits per heavy atom. The highest BCUT2D eigenvalue weighted by molar-refractivity contribution is 6.00. The van der Waals surface area contributed by atoms with Gasteiger partial charge in [0.15, 0.2) is 0 Å². The van der Waals surface area contributed by atoms with Gasteiger partial charge in [0.1, 0.15) is 12.0 Å². The van der Waals surface area contributed by atoms with E-state index in [0.717, 1.165) is 12.8 Å². The van der Waals surface area contributed by atoms with Gasteiger partial charge in [-0.2, -0.15) is 0 Å². The second kappa shape index (κ2) is 14.4. The maximum absolute atomic E-state index is 12.6. The van der Waals surface area contributed by atoms with Gasteiger partial charge in [-0.15, -0.1) is 13.2 Å². The molecule has 0 aromatic rings. The first-order chi connectivity index (χ1) is 15.2. The molecule has 3 N–H and O–H groups in total. The van der Waals surface area contributed by atoms with Crippen LogP contribution in [0.1, 0.15) is 46.0 Å². The number of aliphatic hydroxyl groups is 1. The van der Waals surface area contributed by atoms with Gasteiger partial charge >= 0.3 is 5.97 Å². The van der Waals surface area contributed by atoms with E-state index >= 15 is 0 Å². The summed E-state index contributed by atoms with van der Waals surface area (Å²) < 4.78 is 5.44. The molecule has 0 spiro atoms. The Bertz CT molecular complexity index is 675. The normalized spacial score (nSPS) is 16.9. The number of amides is 3. The van der Waals surface area contributed by atoms with Crippen LogP contribution in [-0.2, 0) is 23.9 Å². The third-order valence-electron chi connectivity index (χ3n) is 5.24. The van der Waals surface area contributed by atoms with E-state index in [1.807, 2.05) is 0 Å². The molecule has 0 aliphatic carbocycles. The predicted molar refractivity (Wildman–Crippen MR) is 120 cm³/mol. The van der Waals surface area contributed by atoms with Gasteiger partial charge < -0.3 is 25.4 Å². The number of hydrogen-bond donors (Lipinski definition) is 3. The summed E-state index contributed by atoms with van der Waals surface area (Å²) in [6, 6.07) is -0.479. The molecular weight excluding hydrogens is 414 g/mol. The van der Waals surface area contributed by atoms with Gasteiger partial charge in [0, 0.05) is 25.6 Å². The zero-order chi connectivity index (χ0) is 24.1. The Morgan fingerprint density at radius 2 is 1.69 bits per heavy atom. The molecular formula is C23H37N3O6. The number of aliphatic hydroxyl groups excluding tert-OH is 1. The molecule has 180 valence electrons. The maximum atomic E-state index is 12.6. The summed E-state index contributed by atoms with van der Waals surface area (Å²) in [6.07, 6.45) is 4.87. The van der Waals surface area contributed by atoms with Crippen molar-refractivity contribution in [2.45, 2.75) is 58.1 Å². The fraction of sp³-hybridized carbons (Fsp3) is 0.652. The molecule has 1 saturated heterocycles. The summed E-state index contributed by atoms with van der Waals surface area (Å²) in [5, 5.41) is 14.3. The lowest BCUT2D eigenvalue weighted by Crippen LogP contribution is -2.46. The average molecular weight is 452 g/mol. The minimum Gasteiger partial charge on any atom is -0.461 e. The molecule has 1 fully saturated rings. The standard InChI is InChI=1S/C23H37N3O6/c1-5-9-18(13-20(28)26-11-7-8-12-26)23(31)32-17(4)14-24-21(29)19(10-6-2)22(30)25-16(3)15-27/h5-6,16-19,27H,1-2,7-15H2,3-4H3,(H,24,29)(H,25,30)/t16-,17+,18-,19?/m1/s1. The molecule has 4 atom stereocenters. The topological polar surface area (TPSA) is 125 Å². The summed E-state index contributed by atoms with van der Waals surface area (Å²) in [6.45, 7) is 11.7. The molecule has 3 amide bonds. The van der Waals surface area contributed by atoms with Gasteiger partial charge in [-0.25, -0.2) is 0 Å². The van der Waals surface area contributed by atoms with E-state index < -0.39 is 41.8 Å². The van der Waals surface area contributed by atoms with E-state index in [0.29, 0.717) is 19.5 Å². The lowest BCUT2D eigenvalue weighted by molar-refractivity contribution is -0.156. The molecule has 9 heteroatoms. The molecule has 0 saturated carbocycles. The van der Waals surface area contributed by atoms with Crippen LogP contribution in [0.5, 0.6) is 0 Å². The number of esters is 1. The summed E-state index contributed by atoms with van der Waals surface area (Å²) >= 11 is 0. The highest BCUT2D eigenvalue weighted by Crippen LogP contribution is 2.17. The minimum atomic E-state index is -1.00. The Balaban J connectivity index is 2.58. The summed E-state index contributed by atoms with van der Waals surface area (Å²) in [7, 11) is 0. The van der Waals surface area contributed by atoms with E-state index in [1.54, 1.807) is 24.8 Å². The lowest BCUT2D eigenvalue weighted by Gasteiger charge is -2.22. The van der Waals surface area contributed by atoms with Crippen molar-refractivity contribution in [3.8, 4) is 0 Å². The van der Waals surface area contributed by atoms with Crippen molar-refractivity contribution < 1.29 is 29.0 Å². The van der Waals surface area contributed by atoms with Crippen LogP contribution >= 0.6 is 0 Å². The van der Waals surface area contributed by atoms with Crippen molar-refractivity contribution in [3.05, 3.63) is 25.3 Å². The summed E-state index contributed by atoms with van der Waals surface area (Å²) in [4.78, 5) is 51.5. The molecule has 0 bridgehead atoms. The number of rotatable bonds is 14. The maximum Gasteiger partial charge on any atom is 0.310 e. The number of nitrogens with zero attached hydrogens (tertiary/aromatic N) is 1. The first-order valence-corrected chi connectivity index (χ1v) is 11.1. The molecule has 0 radical (unpaired) electrons. The Morgan fingerprint density at radius 1 is 1.06 bits per heavy atom. The average Bonchev–Trinajstić information content (AvgIpc) is 3.30. The minimum absolute atomic E-state index is 0.0158. The number of carbonyl (C=O) groups is 4. The van der Waals surface area contributed by atoms with Gasteiger partial charge in [-0.1, -0.05) is 12.2 Å². The smallest absolute Gasteiger partial charge is 0.310 e. The van der Waals surface area contributed by atoms with Gasteiger partial charge in [-0.05, 0) is 39.5 Å². The first-order valence-electron chi connectivity index (χ1n) is 11.1. The van der Waals surface area contributed by atoms with Crippen LogP contribution < -0.4 is 10.6 Å². The van der Waals surface area contributed by atoms with Gasteiger partial charge in [0.05, 0.1) is 19.1 Å². The largest absolute Gasteiger partial charge is 0.461 e. The lowest BCUT2D eigenvalue weighted by atomic mass is 10.0. The predicted octanol–water partition coefficient (Wildman–Crippen LogP) is 0.928. The molecule has 32 heavy (non-hydrogen) atoms. The zero-order valence-electron chi connectivity index (χ0n) is 19.2. The van der Waals surface area contributed by atoms with Gasteiger partial charge in [0.2, 0.25) is 17.7 Å². The van der Waals surface area contributed by atoms with Crippen molar-refractivity contribution >= 4 is 23.7 Å². The number of carbonyl (C=O) groups excluding carboxylic acids is 4. The van der Waals surface area contributed by atoms with Crippen molar-refractivity contribution in [1.29, 1.82) is 0 Å². The van der Waals surface area contributed by atoms with Crippen LogP contribution in [0.3, 0.4) is 0 Å². The number of allylic oxidation sites excluding steroid dienone is 2. The van der Waals surface area contributed by atoms with Crippen LogP contribution in [0.4, 0.5) is 0 Å². The summed E-state index contributed by atoms with van der Waals surface area (Å²) in [5.74, 6) is -3.25. The van der Waals surface area contributed by atoms with E-state index in [1.165, 1.54) is 6.08 Å². The number of nitrogens with one attached hydrogen (secondary N) is 2. The molecule has 1 unspecified atom stereocenters. The van der Waals surface area contributed by atoms with E-state index in [2.05, 4.69) is 23.8 Å². The van der Waals surface area contributed by atoms with Crippen molar-refractivity contribution in [1.82, 2.24) is 15.5 Å². The van der Waals surface area contributed by atoms with E-state index in [-0.39, 0.29) is 31.9 Å². The Kier molecular flexibility index (Phi) is 12.3. The molecule has 1 heterocycles. The molecule has 1 rings (SSSR count). The summed E-state index contributed by atoms with van der Waals surface area (Å²) in [5.41, 5.74) is 0. The quantitative estimate of drug-likeness (QED) is 0.205. The SMILES string of the molecule is C=CCC(C(=O)NC[C@H](C)OC(=O)[C@H](CC=C)CC(=O)N1CCCC1)C(=O)N[C@H](C)CO. The van der Waals surface area contributed by atoms with Crippen molar-refractivity contribution in [3.63, 3.8) is 0 Å². The highest BCUT2D eigenvalue weighted by atomic mass is 16.5. The Labute approximate surface area is 190 Å². The molecule has 9 nitrogen and oxygen atoms in total. The van der Waals surface area contributed by atoms with Crippen molar-refractivity contribution in [2.75, 3.05) is 26.2 Å². The number of likely N-dealkylation sites (tertiary alicyclic amines) is 1. The van der Waals surface area contributed by atoms with Crippen molar-refractivity contribution in [2.24, 2.45) is 11.8 Å². The number of ether oxygens (including phenoxy) is 1. The molecule has 1 aliphatic rings. The van der Waals surface area contributed by atoms with Crippen LogP contribution in [0, 0.1) is 11.8 Å². The molecule has 0 aromatic carbocycles. The van der Waals surface area contributed by atoms with Crippen LogP contribution in [0.2, 0.25) is 0 Å². The van der Waals surface area contributed by atoms with Crippen LogP contribution in [0.15, 0.2) is 25.3 Å². The fourth-order valence-corrected chi connectivity index (χ4v) is 3.36. The third-order valence-corrected chi connectivity index (χ3v) is 5.24. The second-order valence-corrected chi connectivity index (χ2v) is 8.18. The van der Waals surface area contributed by atoms with E-state index in [9.17, 15) is 19.2 Å². The fourth-order valence-electron chi connectivity index (χ4n) is 3.36. The first kappa shape index (κ1) is 27.4. The van der Waals surface area contributed by atoms with Crippen LogP contribution in [-0.4, -0.2) is 72.1 Å². The second-order valence-electron chi connectivity index (χ2n) is 8.18.